The smallest absolute Gasteiger partial charge is 0.101 e. The highest BCUT2D eigenvalue weighted by Crippen LogP contribution is 2.19. The molecule has 0 spiro atoms. The van der Waals surface area contributed by atoms with Gasteiger partial charge in [0.2, 0.25) is 0 Å². The zero-order chi connectivity index (χ0) is 14.0. The Kier molecular flexibility index (Phi) is 9.59. The first-order valence-electron chi connectivity index (χ1n) is 6.66. The van der Waals surface area contributed by atoms with Gasteiger partial charge in [0.25, 0.3) is 0 Å². The molecule has 3 N–H and O–H groups in total. The van der Waals surface area contributed by atoms with Crippen molar-refractivity contribution in [1.82, 2.24) is 0 Å². The van der Waals surface area contributed by atoms with Gasteiger partial charge in [-0.1, -0.05) is 13.8 Å². The summed E-state index contributed by atoms with van der Waals surface area (Å²) in [5.74, 6) is 0. The van der Waals surface area contributed by atoms with E-state index in [9.17, 15) is 5.11 Å². The summed E-state index contributed by atoms with van der Waals surface area (Å²) >= 11 is 0. The quantitative estimate of drug-likeness (QED) is 0.580. The van der Waals surface area contributed by atoms with Crippen molar-refractivity contribution in [1.29, 1.82) is 0 Å². The summed E-state index contributed by atoms with van der Waals surface area (Å²) in [6.45, 7) is 7.47. The standard InChI is InChI=1S/C13H29NO4/c1-5-13(6-2,10-14)18-9-12(15)8-17-11(3)7-16-4/h11-12,15H,5-10,14H2,1-4H3. The second kappa shape index (κ2) is 9.69. The average Bonchev–Trinajstić information content (AvgIpc) is 2.39. The van der Waals surface area contributed by atoms with E-state index < -0.39 is 6.10 Å². The molecule has 110 valence electrons. The Bertz CT molecular complexity index is 189. The molecule has 0 saturated heterocycles. The van der Waals surface area contributed by atoms with E-state index in [2.05, 4.69) is 0 Å². The average molecular weight is 263 g/mol. The van der Waals surface area contributed by atoms with Gasteiger partial charge in [-0.3, -0.25) is 0 Å². The fraction of sp³-hybridized carbons (Fsp3) is 1.00. The molecule has 18 heavy (non-hydrogen) atoms. The molecule has 0 aliphatic rings. The van der Waals surface area contributed by atoms with Crippen LogP contribution in [0.4, 0.5) is 0 Å². The zero-order valence-corrected chi connectivity index (χ0v) is 12.1. The van der Waals surface area contributed by atoms with Gasteiger partial charge in [-0.25, -0.2) is 0 Å². The first-order valence-corrected chi connectivity index (χ1v) is 6.66. The number of rotatable bonds is 11. The maximum Gasteiger partial charge on any atom is 0.101 e. The Morgan fingerprint density at radius 3 is 2.22 bits per heavy atom. The highest BCUT2D eigenvalue weighted by molar-refractivity contribution is 4.79. The van der Waals surface area contributed by atoms with Gasteiger partial charge in [-0.15, -0.1) is 0 Å². The van der Waals surface area contributed by atoms with Crippen LogP contribution in [-0.2, 0) is 14.2 Å². The van der Waals surface area contributed by atoms with E-state index in [-0.39, 0.29) is 24.9 Å². The Labute approximate surface area is 111 Å². The molecule has 0 fully saturated rings. The van der Waals surface area contributed by atoms with E-state index in [0.717, 1.165) is 12.8 Å². The van der Waals surface area contributed by atoms with Crippen LogP contribution in [0, 0.1) is 0 Å². The third kappa shape index (κ3) is 6.66. The van der Waals surface area contributed by atoms with Crippen molar-refractivity contribution >= 4 is 0 Å². The number of nitrogens with two attached hydrogens (primary N) is 1. The topological polar surface area (TPSA) is 73.9 Å². The lowest BCUT2D eigenvalue weighted by molar-refractivity contribution is -0.105. The third-order valence-electron chi connectivity index (χ3n) is 3.22. The normalized spacial score (nSPS) is 15.7. The van der Waals surface area contributed by atoms with Crippen LogP contribution in [-0.4, -0.2) is 56.4 Å². The van der Waals surface area contributed by atoms with Crippen LogP contribution in [0.1, 0.15) is 33.6 Å². The van der Waals surface area contributed by atoms with Crippen LogP contribution in [0.2, 0.25) is 0 Å². The maximum absolute atomic E-state index is 9.78. The van der Waals surface area contributed by atoms with Crippen molar-refractivity contribution in [3.63, 3.8) is 0 Å². The highest BCUT2D eigenvalue weighted by atomic mass is 16.5. The Morgan fingerprint density at radius 1 is 1.17 bits per heavy atom. The molecule has 0 aromatic carbocycles. The van der Waals surface area contributed by atoms with E-state index >= 15 is 0 Å². The second-order valence-corrected chi connectivity index (χ2v) is 4.66. The van der Waals surface area contributed by atoms with Gasteiger partial charge in [0, 0.05) is 13.7 Å². The molecular weight excluding hydrogens is 234 g/mol. The number of aliphatic hydroxyl groups is 1. The lowest BCUT2D eigenvalue weighted by atomic mass is 9.97. The van der Waals surface area contributed by atoms with Gasteiger partial charge >= 0.3 is 0 Å². The zero-order valence-electron chi connectivity index (χ0n) is 12.1. The summed E-state index contributed by atoms with van der Waals surface area (Å²) in [6.07, 6.45) is 1.02. The predicted octanol–water partition coefficient (Wildman–Crippen LogP) is 0.933. The molecule has 0 saturated carbocycles. The fourth-order valence-electron chi connectivity index (χ4n) is 1.68. The monoisotopic (exact) mass is 263 g/mol. The van der Waals surface area contributed by atoms with E-state index in [1.807, 2.05) is 20.8 Å². The van der Waals surface area contributed by atoms with Crippen molar-refractivity contribution in [3.05, 3.63) is 0 Å². The van der Waals surface area contributed by atoms with Gasteiger partial charge < -0.3 is 25.1 Å². The summed E-state index contributed by atoms with van der Waals surface area (Å²) < 4.78 is 16.1. The number of aliphatic hydroxyl groups excluding tert-OH is 1. The van der Waals surface area contributed by atoms with Crippen LogP contribution >= 0.6 is 0 Å². The number of hydrogen-bond donors (Lipinski definition) is 2. The molecule has 0 radical (unpaired) electrons. The molecule has 5 nitrogen and oxygen atoms in total. The van der Waals surface area contributed by atoms with Crippen LogP contribution < -0.4 is 5.73 Å². The minimum atomic E-state index is -0.631. The maximum atomic E-state index is 9.78. The SMILES string of the molecule is CCC(CC)(CN)OCC(O)COC(C)COC. The molecule has 0 bridgehead atoms. The summed E-state index contributed by atoms with van der Waals surface area (Å²) in [5.41, 5.74) is 5.40. The lowest BCUT2D eigenvalue weighted by Gasteiger charge is -2.31. The second-order valence-electron chi connectivity index (χ2n) is 4.66. The van der Waals surface area contributed by atoms with Crippen molar-refractivity contribution in [2.24, 2.45) is 5.73 Å². The van der Waals surface area contributed by atoms with Crippen molar-refractivity contribution in [2.45, 2.75) is 51.4 Å². The molecule has 5 heteroatoms. The molecule has 2 unspecified atom stereocenters. The number of hydrogen-bond acceptors (Lipinski definition) is 5. The molecule has 0 amide bonds. The fourth-order valence-corrected chi connectivity index (χ4v) is 1.68. The molecule has 0 aliphatic heterocycles. The van der Waals surface area contributed by atoms with Gasteiger partial charge in [0.1, 0.15) is 6.10 Å². The van der Waals surface area contributed by atoms with Gasteiger partial charge in [0.15, 0.2) is 0 Å². The minimum absolute atomic E-state index is 0.0266. The van der Waals surface area contributed by atoms with E-state index in [1.54, 1.807) is 7.11 Å². The molecule has 0 heterocycles. The first kappa shape index (κ1) is 17.8. The Balaban J connectivity index is 3.90. The molecule has 0 rings (SSSR count). The lowest BCUT2D eigenvalue weighted by Crippen LogP contribution is -2.42. The van der Waals surface area contributed by atoms with Crippen LogP contribution in [0.15, 0.2) is 0 Å². The highest BCUT2D eigenvalue weighted by Gasteiger charge is 2.26. The van der Waals surface area contributed by atoms with Crippen LogP contribution in [0.25, 0.3) is 0 Å². The Morgan fingerprint density at radius 2 is 1.78 bits per heavy atom. The Hall–Kier alpha value is -0.200. The molecule has 0 aromatic rings. The molecule has 2 atom stereocenters. The summed E-state index contributed by atoms with van der Waals surface area (Å²) in [7, 11) is 1.62. The van der Waals surface area contributed by atoms with Crippen LogP contribution in [0.5, 0.6) is 0 Å². The summed E-state index contributed by atoms with van der Waals surface area (Å²) in [4.78, 5) is 0. The number of methoxy groups -OCH3 is 1. The van der Waals surface area contributed by atoms with Gasteiger partial charge in [-0.2, -0.15) is 0 Å². The van der Waals surface area contributed by atoms with Crippen molar-refractivity contribution in [2.75, 3.05) is 33.5 Å². The molecule has 0 aliphatic carbocycles. The molecule has 0 aromatic heterocycles. The third-order valence-corrected chi connectivity index (χ3v) is 3.22. The van der Waals surface area contributed by atoms with E-state index in [1.165, 1.54) is 0 Å². The summed E-state index contributed by atoms with van der Waals surface area (Å²) in [5, 5.41) is 9.78. The summed E-state index contributed by atoms with van der Waals surface area (Å²) in [6, 6.07) is 0. The van der Waals surface area contributed by atoms with E-state index in [4.69, 9.17) is 19.9 Å². The number of ether oxygens (including phenoxy) is 3. The minimum Gasteiger partial charge on any atom is -0.388 e. The predicted molar refractivity (Wildman–Crippen MR) is 71.6 cm³/mol. The molecular formula is C13H29NO4. The van der Waals surface area contributed by atoms with Crippen LogP contribution in [0.3, 0.4) is 0 Å². The first-order chi connectivity index (χ1) is 8.53. The van der Waals surface area contributed by atoms with E-state index in [0.29, 0.717) is 13.2 Å². The van der Waals surface area contributed by atoms with Crippen molar-refractivity contribution in [3.8, 4) is 0 Å². The largest absolute Gasteiger partial charge is 0.388 e. The van der Waals surface area contributed by atoms with Crippen molar-refractivity contribution < 1.29 is 19.3 Å². The van der Waals surface area contributed by atoms with Gasteiger partial charge in [-0.05, 0) is 19.8 Å². The van der Waals surface area contributed by atoms with Gasteiger partial charge in [0.05, 0.1) is 31.5 Å².